The Kier molecular flexibility index (Phi) is 8.70. The highest BCUT2D eigenvalue weighted by molar-refractivity contribution is 5.98. The van der Waals surface area contributed by atoms with Crippen LogP contribution in [0.1, 0.15) is 76.8 Å². The number of ether oxygens (including phenoxy) is 1. The van der Waals surface area contributed by atoms with Crippen molar-refractivity contribution in [2.24, 2.45) is 5.92 Å². The fourth-order valence-corrected chi connectivity index (χ4v) is 4.35. The van der Waals surface area contributed by atoms with Gasteiger partial charge in [-0.2, -0.15) is 0 Å². The van der Waals surface area contributed by atoms with Crippen LogP contribution in [0.3, 0.4) is 0 Å². The number of hydrogen-bond acceptors (Lipinski definition) is 11. The summed E-state index contributed by atoms with van der Waals surface area (Å²) in [5.74, 6) is -2.08. The minimum absolute atomic E-state index is 0.0177. The molecule has 1 aromatic carbocycles. The molecule has 0 spiro atoms. The molecule has 0 bridgehead atoms. The lowest BCUT2D eigenvalue weighted by Gasteiger charge is -2.24. The molecule has 1 atom stereocenters. The number of carbonyl (C=O) groups is 3. The highest BCUT2D eigenvalue weighted by atomic mass is 19.1. The highest BCUT2D eigenvalue weighted by Crippen LogP contribution is 2.32. The molecule has 2 N–H and O–H groups in total. The van der Waals surface area contributed by atoms with Crippen molar-refractivity contribution in [3.05, 3.63) is 64.1 Å². The summed E-state index contributed by atoms with van der Waals surface area (Å²) in [7, 11) is 1.15. The number of halogens is 1. The SMILES string of the molecule is COC(=O)Nc1cnc(C(C)(C)C)n(CC(=O)N[C@H](C(=O)c2nnc(C(C)(C)c3nc4ccc(F)cc4o3)o2)C(C)C)c1=O. The first-order chi connectivity index (χ1) is 20.5. The van der Waals surface area contributed by atoms with Crippen LogP contribution in [0.25, 0.3) is 11.1 Å². The standard InChI is InChI=1S/C29H34FN7O7/c1-14(2)20(34-19(38)13-37-23(40)17(33-27(41)42-8)12-31-24(37)28(3,4)5)21(39)22-35-36-26(44-22)29(6,7)25-32-16-10-9-15(30)11-18(16)43-25/h9-12,14,20H,13H2,1-8H3,(H,33,41)(H,34,38)/t20-/m0/s1. The van der Waals surface area contributed by atoms with Crippen molar-refractivity contribution in [3.63, 3.8) is 0 Å². The van der Waals surface area contributed by atoms with E-state index >= 15 is 0 Å². The third-order valence-electron chi connectivity index (χ3n) is 6.76. The molecule has 0 radical (unpaired) electrons. The second-order valence-corrected chi connectivity index (χ2v) is 12.1. The zero-order valence-electron chi connectivity index (χ0n) is 25.6. The van der Waals surface area contributed by atoms with E-state index in [9.17, 15) is 23.6 Å². The molecule has 0 fully saturated rings. The number of rotatable bonds is 9. The summed E-state index contributed by atoms with van der Waals surface area (Å²) in [5, 5.41) is 12.9. The van der Waals surface area contributed by atoms with E-state index in [-0.39, 0.29) is 34.8 Å². The summed E-state index contributed by atoms with van der Waals surface area (Å²) in [6.07, 6.45) is 0.323. The van der Waals surface area contributed by atoms with E-state index < -0.39 is 58.5 Å². The number of hydrogen-bond donors (Lipinski definition) is 2. The number of amides is 2. The summed E-state index contributed by atoms with van der Waals surface area (Å²) in [6, 6.07) is 2.86. The number of oxazole rings is 1. The smallest absolute Gasteiger partial charge is 0.411 e. The number of anilines is 1. The topological polar surface area (TPSA) is 184 Å². The van der Waals surface area contributed by atoms with Crippen LogP contribution in [0.2, 0.25) is 0 Å². The molecule has 14 nitrogen and oxygen atoms in total. The molecule has 0 saturated carbocycles. The van der Waals surface area contributed by atoms with Crippen molar-refractivity contribution >= 4 is 34.6 Å². The number of fused-ring (bicyclic) bond motifs is 1. The molecular formula is C29H34FN7O7. The number of nitrogens with zero attached hydrogens (tertiary/aromatic N) is 5. The van der Waals surface area contributed by atoms with E-state index in [2.05, 4.69) is 35.5 Å². The predicted molar refractivity (Wildman–Crippen MR) is 155 cm³/mol. The van der Waals surface area contributed by atoms with E-state index in [1.807, 2.05) is 20.8 Å². The maximum absolute atomic E-state index is 13.6. The predicted octanol–water partition coefficient (Wildman–Crippen LogP) is 3.73. The van der Waals surface area contributed by atoms with E-state index in [0.29, 0.717) is 5.52 Å². The monoisotopic (exact) mass is 611 g/mol. The molecule has 44 heavy (non-hydrogen) atoms. The lowest BCUT2D eigenvalue weighted by atomic mass is 9.93. The van der Waals surface area contributed by atoms with Crippen molar-refractivity contribution in [1.29, 1.82) is 0 Å². The Morgan fingerprint density at radius 1 is 1.07 bits per heavy atom. The van der Waals surface area contributed by atoms with Gasteiger partial charge in [-0.25, -0.2) is 19.2 Å². The Morgan fingerprint density at radius 2 is 1.77 bits per heavy atom. The molecule has 3 heterocycles. The number of aromatic nitrogens is 5. The van der Waals surface area contributed by atoms with Gasteiger partial charge in [0.2, 0.25) is 23.5 Å². The first kappa shape index (κ1) is 32.0. The van der Waals surface area contributed by atoms with Gasteiger partial charge < -0.3 is 18.9 Å². The van der Waals surface area contributed by atoms with Gasteiger partial charge >= 0.3 is 6.09 Å². The molecule has 4 aromatic rings. The van der Waals surface area contributed by atoms with Crippen LogP contribution in [0.4, 0.5) is 14.9 Å². The Labute approximate surface area is 251 Å². The molecule has 2 amide bonds. The third-order valence-corrected chi connectivity index (χ3v) is 6.76. The molecular weight excluding hydrogens is 577 g/mol. The van der Waals surface area contributed by atoms with Crippen molar-refractivity contribution in [1.82, 2.24) is 30.0 Å². The van der Waals surface area contributed by atoms with Crippen LogP contribution < -0.4 is 16.2 Å². The molecule has 0 saturated heterocycles. The normalized spacial score (nSPS) is 12.8. The van der Waals surface area contributed by atoms with Gasteiger partial charge in [0.25, 0.3) is 11.4 Å². The quantitative estimate of drug-likeness (QED) is 0.263. The minimum atomic E-state index is -1.09. The average molecular weight is 612 g/mol. The van der Waals surface area contributed by atoms with Gasteiger partial charge in [0.05, 0.1) is 19.3 Å². The van der Waals surface area contributed by atoms with Crippen molar-refractivity contribution in [2.75, 3.05) is 12.4 Å². The van der Waals surface area contributed by atoms with E-state index in [4.69, 9.17) is 8.83 Å². The second kappa shape index (κ2) is 12.0. The van der Waals surface area contributed by atoms with E-state index in [1.165, 1.54) is 24.4 Å². The highest BCUT2D eigenvalue weighted by Gasteiger charge is 2.37. The fraction of sp³-hybridized carbons (Fsp3) is 0.448. The van der Waals surface area contributed by atoms with Crippen molar-refractivity contribution < 1.29 is 32.3 Å². The van der Waals surface area contributed by atoms with Crippen LogP contribution in [0.15, 0.2) is 38.0 Å². The van der Waals surface area contributed by atoms with Crippen molar-refractivity contribution in [2.45, 2.75) is 71.9 Å². The second-order valence-electron chi connectivity index (χ2n) is 12.1. The van der Waals surface area contributed by atoms with Crippen LogP contribution >= 0.6 is 0 Å². The Balaban J connectivity index is 1.57. The zero-order chi connectivity index (χ0) is 32.6. The molecule has 15 heteroatoms. The van der Waals surface area contributed by atoms with Crippen LogP contribution in [0.5, 0.6) is 0 Å². The lowest BCUT2D eigenvalue weighted by Crippen LogP contribution is -2.47. The molecule has 4 rings (SSSR count). The van der Waals surface area contributed by atoms with Gasteiger partial charge in [-0.05, 0) is 31.9 Å². The molecule has 0 aliphatic carbocycles. The number of ketones is 1. The van der Waals surface area contributed by atoms with Crippen LogP contribution in [-0.2, 0) is 26.9 Å². The van der Waals surface area contributed by atoms with Crippen LogP contribution in [0, 0.1) is 11.7 Å². The van der Waals surface area contributed by atoms with Gasteiger partial charge in [0, 0.05) is 11.5 Å². The number of carbonyl (C=O) groups excluding carboxylic acids is 3. The Morgan fingerprint density at radius 3 is 2.41 bits per heavy atom. The van der Waals surface area contributed by atoms with Crippen molar-refractivity contribution in [3.8, 4) is 0 Å². The minimum Gasteiger partial charge on any atom is -0.453 e. The fourth-order valence-electron chi connectivity index (χ4n) is 4.35. The van der Waals surface area contributed by atoms with Gasteiger partial charge in [0.1, 0.15) is 34.8 Å². The van der Waals surface area contributed by atoms with Gasteiger partial charge in [-0.15, -0.1) is 10.2 Å². The zero-order valence-corrected chi connectivity index (χ0v) is 25.6. The van der Waals surface area contributed by atoms with Crippen LogP contribution in [-0.4, -0.2) is 55.7 Å². The molecule has 234 valence electrons. The molecule has 3 aromatic heterocycles. The average Bonchev–Trinajstić information content (AvgIpc) is 3.61. The Hall–Kier alpha value is -4.95. The number of nitrogens with one attached hydrogen (secondary N) is 2. The van der Waals surface area contributed by atoms with Gasteiger partial charge in [-0.3, -0.25) is 24.3 Å². The molecule has 0 unspecified atom stereocenters. The molecule has 0 aliphatic rings. The summed E-state index contributed by atoms with van der Waals surface area (Å²) in [4.78, 5) is 60.4. The number of benzene rings is 1. The number of methoxy groups -OCH3 is 1. The van der Waals surface area contributed by atoms with E-state index in [1.54, 1.807) is 27.7 Å². The maximum Gasteiger partial charge on any atom is 0.411 e. The summed E-state index contributed by atoms with van der Waals surface area (Å²) < 4.78 is 30.8. The number of Topliss-reactive ketones (excluding diaryl/α,β-unsaturated/α-hetero) is 1. The van der Waals surface area contributed by atoms with E-state index in [0.717, 1.165) is 11.7 Å². The van der Waals surface area contributed by atoms with Gasteiger partial charge in [0.15, 0.2) is 5.58 Å². The lowest BCUT2D eigenvalue weighted by molar-refractivity contribution is -0.122. The first-order valence-corrected chi connectivity index (χ1v) is 13.7. The van der Waals surface area contributed by atoms with Gasteiger partial charge in [-0.1, -0.05) is 34.6 Å². The first-order valence-electron chi connectivity index (χ1n) is 13.7. The summed E-state index contributed by atoms with van der Waals surface area (Å²) in [5.41, 5.74) is -1.92. The largest absolute Gasteiger partial charge is 0.453 e. The summed E-state index contributed by atoms with van der Waals surface area (Å²) >= 11 is 0. The Bertz CT molecular complexity index is 1780. The molecule has 0 aliphatic heterocycles. The summed E-state index contributed by atoms with van der Waals surface area (Å²) in [6.45, 7) is 11.8. The maximum atomic E-state index is 13.6. The third kappa shape index (κ3) is 6.50.